The second-order valence-corrected chi connectivity index (χ2v) is 14.5. The molecule has 47 heavy (non-hydrogen) atoms. The minimum Gasteiger partial charge on any atom is -0.346 e. The first-order valence-electron chi connectivity index (χ1n) is 17.4. The van der Waals surface area contributed by atoms with Gasteiger partial charge in [0.25, 0.3) is 0 Å². The number of benzene rings is 3. The molecule has 0 N–H and O–H groups in total. The van der Waals surface area contributed by atoms with Crippen LogP contribution in [-0.4, -0.2) is 77.2 Å². The molecule has 6 heterocycles. The van der Waals surface area contributed by atoms with Crippen LogP contribution >= 0.6 is 12.0 Å². The van der Waals surface area contributed by atoms with Gasteiger partial charge in [-0.1, -0.05) is 78.9 Å². The van der Waals surface area contributed by atoms with Crippen molar-refractivity contribution in [3.05, 3.63) is 102 Å². The third-order valence-electron chi connectivity index (χ3n) is 11.0. The Morgan fingerprint density at radius 1 is 0.617 bits per heavy atom. The predicted octanol–water partition coefficient (Wildman–Crippen LogP) is 6.75. The Labute approximate surface area is 282 Å². The van der Waals surface area contributed by atoms with Gasteiger partial charge < -0.3 is 23.8 Å². The van der Waals surface area contributed by atoms with E-state index in [0.717, 1.165) is 63.8 Å². The number of ether oxygens (including phenoxy) is 4. The summed E-state index contributed by atoms with van der Waals surface area (Å²) in [5.41, 5.74) is 2.72. The van der Waals surface area contributed by atoms with Crippen molar-refractivity contribution < 1.29 is 28.2 Å². The van der Waals surface area contributed by atoms with Crippen molar-refractivity contribution in [2.75, 3.05) is 26.4 Å². The number of rotatable bonds is 8. The highest BCUT2D eigenvalue weighted by molar-refractivity contribution is 7.95. The summed E-state index contributed by atoms with van der Waals surface area (Å²) in [6.45, 7) is 4.84. The highest BCUT2D eigenvalue weighted by Crippen LogP contribution is 2.50. The summed E-state index contributed by atoms with van der Waals surface area (Å²) in [6, 6.07) is 32.9. The Balaban J connectivity index is 0.000000148. The smallest absolute Gasteiger partial charge is 0.184 e. The van der Waals surface area contributed by atoms with Gasteiger partial charge in [0.05, 0.1) is 43.8 Å². The minimum atomic E-state index is -0.457. The Morgan fingerprint density at radius 2 is 1.17 bits per heavy atom. The van der Waals surface area contributed by atoms with E-state index >= 15 is 0 Å². The number of hydrogen-bond donors (Lipinski definition) is 0. The van der Waals surface area contributed by atoms with Gasteiger partial charge in [-0.05, 0) is 55.4 Å². The number of fused-ring (bicyclic) bond motifs is 6. The van der Waals surface area contributed by atoms with E-state index < -0.39 is 5.79 Å². The molecule has 5 unspecified atom stereocenters. The molecule has 6 aliphatic heterocycles. The van der Waals surface area contributed by atoms with Crippen LogP contribution in [0.4, 0.5) is 0 Å². The maximum Gasteiger partial charge on any atom is 0.184 e. The molecule has 9 heteroatoms. The third kappa shape index (κ3) is 6.62. The number of para-hydroxylation sites is 1. The quantitative estimate of drug-likeness (QED) is 0.149. The van der Waals surface area contributed by atoms with Gasteiger partial charge in [0.15, 0.2) is 17.3 Å². The van der Waals surface area contributed by atoms with Crippen molar-refractivity contribution >= 4 is 12.0 Å². The molecule has 2 spiro atoms. The summed E-state index contributed by atoms with van der Waals surface area (Å²) in [5.74, 6) is -0.0288. The van der Waals surface area contributed by atoms with Crippen molar-refractivity contribution in [2.45, 2.75) is 99.0 Å². The van der Waals surface area contributed by atoms with E-state index in [-0.39, 0.29) is 11.8 Å². The summed E-state index contributed by atoms with van der Waals surface area (Å²) >= 11 is 1.44. The van der Waals surface area contributed by atoms with Crippen molar-refractivity contribution in [2.24, 2.45) is 0 Å². The van der Waals surface area contributed by atoms with Gasteiger partial charge in [0.1, 0.15) is 0 Å². The molecule has 6 saturated heterocycles. The summed E-state index contributed by atoms with van der Waals surface area (Å²) in [6.07, 6.45) is 7.76. The molecule has 9 rings (SSSR count). The van der Waals surface area contributed by atoms with Crippen LogP contribution in [0.3, 0.4) is 0 Å². The van der Waals surface area contributed by atoms with Crippen LogP contribution in [0, 0.1) is 0 Å². The summed E-state index contributed by atoms with van der Waals surface area (Å²) in [4.78, 5) is 10.7. The van der Waals surface area contributed by atoms with Crippen LogP contribution in [0.25, 0.3) is 0 Å². The molecule has 6 aliphatic rings. The first-order chi connectivity index (χ1) is 23.2. The van der Waals surface area contributed by atoms with Gasteiger partial charge in [-0.3, -0.25) is 9.80 Å². The maximum atomic E-state index is 6.16. The lowest BCUT2D eigenvalue weighted by molar-refractivity contribution is -0.220. The zero-order valence-electron chi connectivity index (χ0n) is 27.0. The van der Waals surface area contributed by atoms with Gasteiger partial charge in [0, 0.05) is 50.1 Å². The Hall–Kier alpha value is -2.47. The second kappa shape index (κ2) is 14.2. The normalized spacial score (nSPS) is 30.4. The molecule has 0 aromatic heterocycles. The standard InChI is InChI=1S/C22H25NO4S.C16H21NO2/c1-3-7-17(8-4-1)16-23-19-11-12-22(24-13-14-25-22)21(23)15-20(19)28-27-26-18-9-5-2-6-10-18;1-2-4-13(5-3-1)12-17-14-6-7-15(17)16(9-8-14)18-10-11-19-16/h1-10,19-21H,11-16H2;1-5,14-15H,6-12H2. The molecule has 0 amide bonds. The van der Waals surface area contributed by atoms with Gasteiger partial charge in [-0.15, -0.1) is 4.33 Å². The average molecular weight is 659 g/mol. The second-order valence-electron chi connectivity index (χ2n) is 13.6. The lowest BCUT2D eigenvalue weighted by Gasteiger charge is -2.45. The predicted molar refractivity (Wildman–Crippen MR) is 180 cm³/mol. The first kappa shape index (κ1) is 31.8. The molecule has 5 atom stereocenters. The van der Waals surface area contributed by atoms with Crippen LogP contribution in [0.5, 0.6) is 5.75 Å². The number of piperidine rings is 2. The molecule has 4 bridgehead atoms. The highest BCUT2D eigenvalue weighted by atomic mass is 32.2. The van der Waals surface area contributed by atoms with E-state index in [1.807, 2.05) is 30.3 Å². The Kier molecular flexibility index (Phi) is 9.58. The van der Waals surface area contributed by atoms with Crippen LogP contribution in [-0.2, 0) is 36.4 Å². The molecule has 3 aromatic rings. The van der Waals surface area contributed by atoms with Crippen LogP contribution in [0.15, 0.2) is 91.0 Å². The summed E-state index contributed by atoms with van der Waals surface area (Å²) in [7, 11) is 0. The zero-order chi connectivity index (χ0) is 31.5. The first-order valence-corrected chi connectivity index (χ1v) is 18.2. The molecule has 3 aromatic carbocycles. The monoisotopic (exact) mass is 658 g/mol. The summed E-state index contributed by atoms with van der Waals surface area (Å²) in [5, 5.41) is 0.324. The molecule has 0 saturated carbocycles. The van der Waals surface area contributed by atoms with Gasteiger partial charge in [-0.25, -0.2) is 0 Å². The molecule has 0 radical (unpaired) electrons. The molecule has 0 aliphatic carbocycles. The topological polar surface area (TPSA) is 61.9 Å². The SMILES string of the molecule is c1ccc(CN2C3CCC2C2(CC3)OCCO2)cc1.c1ccc(CN2C3CCC4(OCCO4)C2CC3SOOc2ccccc2)cc1. The fourth-order valence-corrected chi connectivity index (χ4v) is 9.77. The van der Waals surface area contributed by atoms with Crippen molar-refractivity contribution in [1.82, 2.24) is 9.80 Å². The molecular formula is C38H46N2O6S. The molecular weight excluding hydrogens is 612 g/mol. The third-order valence-corrected chi connectivity index (χ3v) is 11.9. The zero-order valence-corrected chi connectivity index (χ0v) is 27.8. The van der Waals surface area contributed by atoms with Crippen LogP contribution in [0.2, 0.25) is 0 Å². The molecule has 8 nitrogen and oxygen atoms in total. The van der Waals surface area contributed by atoms with E-state index in [4.69, 9.17) is 28.2 Å². The molecule has 250 valence electrons. The van der Waals surface area contributed by atoms with E-state index in [2.05, 4.69) is 70.5 Å². The largest absolute Gasteiger partial charge is 0.346 e. The summed E-state index contributed by atoms with van der Waals surface area (Å²) < 4.78 is 29.9. The van der Waals surface area contributed by atoms with E-state index in [9.17, 15) is 0 Å². The highest BCUT2D eigenvalue weighted by Gasteiger charge is 2.59. The maximum absolute atomic E-state index is 6.16. The van der Waals surface area contributed by atoms with Crippen LogP contribution < -0.4 is 4.89 Å². The lowest BCUT2D eigenvalue weighted by atomic mass is 9.95. The molecule has 6 fully saturated rings. The average Bonchev–Trinajstić information content (AvgIpc) is 3.89. The lowest BCUT2D eigenvalue weighted by Crippen LogP contribution is -2.56. The van der Waals surface area contributed by atoms with Crippen molar-refractivity contribution in [3.63, 3.8) is 0 Å². The van der Waals surface area contributed by atoms with Gasteiger partial charge in [0.2, 0.25) is 0 Å². The van der Waals surface area contributed by atoms with E-state index in [0.29, 0.717) is 30.5 Å². The number of hydrogen-bond acceptors (Lipinski definition) is 9. The fourth-order valence-electron chi connectivity index (χ4n) is 8.87. The van der Waals surface area contributed by atoms with E-state index in [1.165, 1.54) is 42.4 Å². The Bertz CT molecular complexity index is 1420. The minimum absolute atomic E-state index is 0.242. The fraction of sp³-hybridized carbons (Fsp3) is 0.526. The number of nitrogens with zero attached hydrogens (tertiary/aromatic N) is 2. The van der Waals surface area contributed by atoms with Gasteiger partial charge in [-0.2, -0.15) is 0 Å². The van der Waals surface area contributed by atoms with E-state index in [1.54, 1.807) is 0 Å². The van der Waals surface area contributed by atoms with Crippen molar-refractivity contribution in [3.8, 4) is 5.75 Å². The van der Waals surface area contributed by atoms with Gasteiger partial charge >= 0.3 is 0 Å². The van der Waals surface area contributed by atoms with Crippen LogP contribution in [0.1, 0.15) is 56.1 Å². The Morgan fingerprint density at radius 3 is 1.81 bits per heavy atom. The van der Waals surface area contributed by atoms with Crippen molar-refractivity contribution in [1.29, 1.82) is 0 Å².